The second-order valence-electron chi connectivity index (χ2n) is 9.68. The molecule has 2 fully saturated rings. The third kappa shape index (κ3) is 7.07. The predicted molar refractivity (Wildman–Crippen MR) is 118 cm³/mol. The first-order valence-electron chi connectivity index (χ1n) is 11.2. The van der Waals surface area contributed by atoms with E-state index in [1.807, 2.05) is 20.8 Å². The van der Waals surface area contributed by atoms with Gasteiger partial charge in [-0.2, -0.15) is 0 Å². The second-order valence-corrected chi connectivity index (χ2v) is 11.7. The Balaban J connectivity index is 1.41. The molecular formula is C23H34FNO6S. The molecule has 1 aliphatic carbocycles. The number of hydrogen-bond acceptors (Lipinski definition) is 6. The summed E-state index contributed by atoms with van der Waals surface area (Å²) in [6, 6.07) is 3.75. The van der Waals surface area contributed by atoms with Gasteiger partial charge in [0.2, 0.25) is 0 Å². The van der Waals surface area contributed by atoms with E-state index in [1.165, 1.54) is 12.1 Å². The van der Waals surface area contributed by atoms with Crippen LogP contribution in [0.25, 0.3) is 0 Å². The van der Waals surface area contributed by atoms with Crippen molar-refractivity contribution in [3.05, 3.63) is 24.0 Å². The van der Waals surface area contributed by atoms with E-state index in [4.69, 9.17) is 14.2 Å². The number of halogens is 1. The minimum absolute atomic E-state index is 0.0582. The van der Waals surface area contributed by atoms with Crippen LogP contribution in [0.15, 0.2) is 23.1 Å². The van der Waals surface area contributed by atoms with E-state index < -0.39 is 21.3 Å². The maximum Gasteiger partial charge on any atom is 0.410 e. The van der Waals surface area contributed by atoms with Crippen molar-refractivity contribution in [2.75, 3.05) is 19.3 Å². The molecule has 0 N–H and O–H groups in total. The van der Waals surface area contributed by atoms with Crippen LogP contribution in [-0.4, -0.2) is 62.7 Å². The molecule has 0 unspecified atom stereocenters. The number of hydrogen-bond donors (Lipinski definition) is 0. The number of rotatable bonds is 5. The minimum Gasteiger partial charge on any atom is -0.487 e. The van der Waals surface area contributed by atoms with Gasteiger partial charge in [0.05, 0.1) is 23.2 Å². The summed E-state index contributed by atoms with van der Waals surface area (Å²) in [7, 11) is -3.45. The molecule has 1 heterocycles. The van der Waals surface area contributed by atoms with Crippen LogP contribution in [0.5, 0.6) is 5.75 Å². The first kappa shape index (κ1) is 24.8. The summed E-state index contributed by atoms with van der Waals surface area (Å²) in [4.78, 5) is 13.9. The molecule has 7 nitrogen and oxygen atoms in total. The molecule has 1 aliphatic heterocycles. The van der Waals surface area contributed by atoms with E-state index in [0.29, 0.717) is 13.1 Å². The average molecular weight is 472 g/mol. The number of carbonyl (C=O) groups is 1. The van der Waals surface area contributed by atoms with Crippen LogP contribution < -0.4 is 4.74 Å². The number of nitrogens with zero attached hydrogens (tertiary/aromatic N) is 1. The van der Waals surface area contributed by atoms with Gasteiger partial charge in [0.15, 0.2) is 21.4 Å². The van der Waals surface area contributed by atoms with Gasteiger partial charge in [0, 0.05) is 19.3 Å². The smallest absolute Gasteiger partial charge is 0.410 e. The number of carbonyl (C=O) groups excluding carboxylic acids is 1. The van der Waals surface area contributed by atoms with Gasteiger partial charge >= 0.3 is 6.09 Å². The molecule has 32 heavy (non-hydrogen) atoms. The number of ether oxygens (including phenoxy) is 3. The number of sulfone groups is 1. The topological polar surface area (TPSA) is 82.1 Å². The second kappa shape index (κ2) is 9.95. The van der Waals surface area contributed by atoms with Gasteiger partial charge in [-0.1, -0.05) is 0 Å². The Morgan fingerprint density at radius 3 is 2.09 bits per heavy atom. The molecule has 0 radical (unpaired) electrons. The lowest BCUT2D eigenvalue weighted by Crippen LogP contribution is -2.44. The zero-order chi connectivity index (χ0) is 23.5. The van der Waals surface area contributed by atoms with Gasteiger partial charge in [-0.05, 0) is 77.5 Å². The SMILES string of the molecule is CC(C)(C)OC(=O)N1CCC(OC2CCC(Oc3ccc(S(C)(=O)=O)cc3F)CC2)CC1. The van der Waals surface area contributed by atoms with Crippen LogP contribution in [0.4, 0.5) is 9.18 Å². The van der Waals surface area contributed by atoms with Crippen LogP contribution in [0.2, 0.25) is 0 Å². The van der Waals surface area contributed by atoms with Crippen molar-refractivity contribution in [1.82, 2.24) is 4.90 Å². The molecule has 0 bridgehead atoms. The quantitative estimate of drug-likeness (QED) is 0.636. The standard InChI is InChI=1S/C23H34FNO6S/c1-23(2,3)31-22(26)25-13-11-18(12-14-25)29-16-5-7-17(8-6-16)30-21-10-9-19(15-20(21)24)32(4,27)28/h9-10,15-18H,5-8,11-14H2,1-4H3. The number of amides is 1. The van der Waals surface area contributed by atoms with E-state index in [-0.39, 0.29) is 35.1 Å². The highest BCUT2D eigenvalue weighted by atomic mass is 32.2. The molecule has 2 aliphatic rings. The van der Waals surface area contributed by atoms with Crippen molar-refractivity contribution in [3.63, 3.8) is 0 Å². The van der Waals surface area contributed by atoms with Crippen molar-refractivity contribution >= 4 is 15.9 Å². The summed E-state index contributed by atoms with van der Waals surface area (Å²) < 4.78 is 54.8. The van der Waals surface area contributed by atoms with E-state index in [9.17, 15) is 17.6 Å². The number of benzene rings is 1. The molecule has 1 aromatic carbocycles. The van der Waals surface area contributed by atoms with E-state index >= 15 is 0 Å². The lowest BCUT2D eigenvalue weighted by molar-refractivity contribution is -0.0677. The maximum atomic E-state index is 14.2. The van der Waals surface area contributed by atoms with Gasteiger partial charge in [0.25, 0.3) is 0 Å². The van der Waals surface area contributed by atoms with Crippen LogP contribution in [0.1, 0.15) is 59.3 Å². The Labute approximate surface area is 190 Å². The van der Waals surface area contributed by atoms with Gasteiger partial charge in [0.1, 0.15) is 5.60 Å². The van der Waals surface area contributed by atoms with E-state index in [1.54, 1.807) is 4.90 Å². The molecule has 0 aromatic heterocycles. The summed E-state index contributed by atoms with van der Waals surface area (Å²) in [6.45, 7) is 6.83. The Bertz CT molecular complexity index is 898. The molecule has 1 saturated carbocycles. The van der Waals surface area contributed by atoms with Crippen molar-refractivity contribution in [1.29, 1.82) is 0 Å². The molecular weight excluding hydrogens is 437 g/mol. The van der Waals surface area contributed by atoms with Crippen molar-refractivity contribution in [2.45, 2.75) is 88.1 Å². The van der Waals surface area contributed by atoms with E-state index in [2.05, 4.69) is 0 Å². The highest BCUT2D eigenvalue weighted by Gasteiger charge is 2.30. The monoisotopic (exact) mass is 471 g/mol. The van der Waals surface area contributed by atoms with Gasteiger partial charge in [-0.3, -0.25) is 0 Å². The Morgan fingerprint density at radius 2 is 1.56 bits per heavy atom. The largest absolute Gasteiger partial charge is 0.487 e. The molecule has 3 rings (SSSR count). The highest BCUT2D eigenvalue weighted by Crippen LogP contribution is 2.30. The average Bonchev–Trinajstić information content (AvgIpc) is 2.69. The van der Waals surface area contributed by atoms with Crippen molar-refractivity contribution in [3.8, 4) is 5.75 Å². The van der Waals surface area contributed by atoms with Crippen LogP contribution in [-0.2, 0) is 19.3 Å². The highest BCUT2D eigenvalue weighted by molar-refractivity contribution is 7.90. The van der Waals surface area contributed by atoms with Gasteiger partial charge in [-0.15, -0.1) is 0 Å². The van der Waals surface area contributed by atoms with Crippen LogP contribution in [0, 0.1) is 5.82 Å². The van der Waals surface area contributed by atoms with Gasteiger partial charge < -0.3 is 19.1 Å². The summed E-state index contributed by atoms with van der Waals surface area (Å²) in [5, 5.41) is 0. The predicted octanol–water partition coefficient (Wildman–Crippen LogP) is 4.34. The third-order valence-corrected chi connectivity index (χ3v) is 6.84. The molecule has 1 aromatic rings. The first-order chi connectivity index (χ1) is 14.9. The molecule has 1 amide bonds. The Kier molecular flexibility index (Phi) is 7.70. The molecule has 0 spiro atoms. The Hall–Kier alpha value is -1.87. The fourth-order valence-electron chi connectivity index (χ4n) is 4.05. The first-order valence-corrected chi connectivity index (χ1v) is 13.1. The summed E-state index contributed by atoms with van der Waals surface area (Å²) in [5.41, 5.74) is -0.496. The fraction of sp³-hybridized carbons (Fsp3) is 0.696. The van der Waals surface area contributed by atoms with E-state index in [0.717, 1.165) is 50.8 Å². The number of likely N-dealkylation sites (tertiary alicyclic amines) is 1. The van der Waals surface area contributed by atoms with Crippen molar-refractivity contribution < 1.29 is 31.8 Å². The summed E-state index contributed by atoms with van der Waals surface area (Å²) >= 11 is 0. The third-order valence-electron chi connectivity index (χ3n) is 5.72. The summed E-state index contributed by atoms with van der Waals surface area (Å²) in [6.07, 6.45) is 5.60. The normalized spacial score (nSPS) is 23.1. The molecule has 0 atom stereocenters. The maximum absolute atomic E-state index is 14.2. The lowest BCUT2D eigenvalue weighted by atomic mass is 9.94. The summed E-state index contributed by atoms with van der Waals surface area (Å²) in [5.74, 6) is -0.584. The van der Waals surface area contributed by atoms with Crippen LogP contribution >= 0.6 is 0 Å². The Morgan fingerprint density at radius 1 is 1.00 bits per heavy atom. The minimum atomic E-state index is -3.45. The zero-order valence-electron chi connectivity index (χ0n) is 19.3. The molecule has 1 saturated heterocycles. The van der Waals surface area contributed by atoms with Gasteiger partial charge in [-0.25, -0.2) is 17.6 Å². The fourth-order valence-corrected chi connectivity index (χ4v) is 4.68. The molecule has 9 heteroatoms. The molecule has 180 valence electrons. The lowest BCUT2D eigenvalue weighted by Gasteiger charge is -2.36. The van der Waals surface area contributed by atoms with Crippen molar-refractivity contribution in [2.24, 2.45) is 0 Å². The van der Waals surface area contributed by atoms with Crippen LogP contribution in [0.3, 0.4) is 0 Å². The number of piperidine rings is 1. The zero-order valence-corrected chi connectivity index (χ0v) is 20.1.